The smallest absolute Gasteiger partial charge is 0.214 e. The van der Waals surface area contributed by atoms with Gasteiger partial charge in [0.15, 0.2) is 0 Å². The van der Waals surface area contributed by atoms with Crippen LogP contribution in [-0.4, -0.2) is 23.2 Å². The van der Waals surface area contributed by atoms with Gasteiger partial charge in [0.25, 0.3) is 12.7 Å². The maximum absolute atomic E-state index is 10.9. The van der Waals surface area contributed by atoms with Crippen LogP contribution in [0, 0.1) is 4.91 Å². The molecule has 10 heavy (non-hydrogen) atoms. The Bertz CT molecular complexity index is 263. The zero-order chi connectivity index (χ0) is 6.97. The highest BCUT2D eigenvalue weighted by Crippen LogP contribution is 2.10. The molecule has 0 fully saturated rings. The van der Waals surface area contributed by atoms with Crippen molar-refractivity contribution in [3.63, 3.8) is 0 Å². The van der Waals surface area contributed by atoms with E-state index in [4.69, 9.17) is 0 Å². The van der Waals surface area contributed by atoms with Crippen molar-refractivity contribution in [3.8, 4) is 0 Å². The van der Waals surface area contributed by atoms with Crippen LogP contribution in [0.3, 0.4) is 0 Å². The first-order valence-electron chi connectivity index (χ1n) is 3.21. The molecule has 0 N–H and O–H groups in total. The Labute approximate surface area is 58.3 Å². The summed E-state index contributed by atoms with van der Waals surface area (Å²) >= 11 is 0. The van der Waals surface area contributed by atoms with E-state index in [-0.39, 0.29) is 12.7 Å². The van der Waals surface area contributed by atoms with Crippen LogP contribution in [0.4, 0.5) is 0 Å². The van der Waals surface area contributed by atoms with Gasteiger partial charge < -0.3 is 0 Å². The highest BCUT2D eigenvalue weighted by molar-refractivity contribution is 6.01. The summed E-state index contributed by atoms with van der Waals surface area (Å²) < 4.78 is 0.968. The van der Waals surface area contributed by atoms with Crippen molar-refractivity contribution in [1.82, 2.24) is 0 Å². The van der Waals surface area contributed by atoms with E-state index in [1.807, 2.05) is 24.3 Å². The van der Waals surface area contributed by atoms with Crippen LogP contribution in [0.25, 0.3) is 0 Å². The normalized spacial score (nSPS) is 28.6. The Morgan fingerprint density at radius 2 is 2.50 bits per heavy atom. The van der Waals surface area contributed by atoms with Gasteiger partial charge in [-0.2, -0.15) is 0 Å². The first-order valence-corrected chi connectivity index (χ1v) is 3.21. The van der Waals surface area contributed by atoms with Crippen molar-refractivity contribution in [2.24, 2.45) is 4.99 Å². The minimum absolute atomic E-state index is 0.106. The van der Waals surface area contributed by atoms with E-state index in [0.29, 0.717) is 0 Å². The molecule has 1 heterocycles. The summed E-state index contributed by atoms with van der Waals surface area (Å²) in [5, 5.41) is 0. The van der Waals surface area contributed by atoms with Gasteiger partial charge in [-0.05, 0) is 12.2 Å². The van der Waals surface area contributed by atoms with Crippen molar-refractivity contribution in [3.05, 3.63) is 29.2 Å². The zero-order valence-corrected chi connectivity index (χ0v) is 5.40. The molecule has 0 radical (unpaired) electrons. The summed E-state index contributed by atoms with van der Waals surface area (Å²) in [6.07, 6.45) is 7.51. The van der Waals surface area contributed by atoms with Crippen molar-refractivity contribution >= 4 is 5.71 Å². The molecule has 0 aromatic heterocycles. The van der Waals surface area contributed by atoms with Crippen molar-refractivity contribution < 1.29 is 4.76 Å². The lowest BCUT2D eigenvalue weighted by Gasteiger charge is -1.97. The summed E-state index contributed by atoms with van der Waals surface area (Å²) in [7, 11) is 0. The molecular weight excluding hydrogens is 128 g/mol. The molecule has 1 unspecified atom stereocenters. The predicted octanol–water partition coefficient (Wildman–Crippen LogP) is 0.672. The minimum atomic E-state index is -0.106. The second-order valence-corrected chi connectivity index (χ2v) is 2.33. The Morgan fingerprint density at radius 3 is 3.30 bits per heavy atom. The van der Waals surface area contributed by atoms with E-state index in [1.54, 1.807) is 0 Å². The number of rotatable bonds is 0. The van der Waals surface area contributed by atoms with Gasteiger partial charge in [0, 0.05) is 9.67 Å². The number of allylic oxidation sites excluding steroid dienone is 2. The topological polar surface area (TPSA) is 32.4 Å². The van der Waals surface area contributed by atoms with Gasteiger partial charge in [-0.15, -0.1) is 0 Å². The molecule has 0 saturated carbocycles. The number of fused-ring (bicyclic) bond motifs is 1. The minimum Gasteiger partial charge on any atom is -0.214 e. The van der Waals surface area contributed by atoms with Gasteiger partial charge in [0.2, 0.25) is 0 Å². The van der Waals surface area contributed by atoms with E-state index >= 15 is 0 Å². The summed E-state index contributed by atoms with van der Waals surface area (Å²) in [6, 6.07) is -0.106. The fourth-order valence-corrected chi connectivity index (χ4v) is 1.15. The van der Waals surface area contributed by atoms with Crippen LogP contribution >= 0.6 is 0 Å². The fraction of sp³-hybridized carbons (Fsp3) is 0.286. The third-order valence-corrected chi connectivity index (χ3v) is 1.68. The largest absolute Gasteiger partial charge is 0.285 e. The molecule has 0 aromatic carbocycles. The van der Waals surface area contributed by atoms with Gasteiger partial charge in [0.1, 0.15) is 5.71 Å². The Balaban J connectivity index is 2.39. The van der Waals surface area contributed by atoms with E-state index in [2.05, 4.69) is 4.99 Å². The molecule has 1 aliphatic heterocycles. The molecule has 0 bridgehead atoms. The first-order chi connectivity index (χ1) is 4.88. The third kappa shape index (κ3) is 0.635. The third-order valence-electron chi connectivity index (χ3n) is 1.68. The van der Waals surface area contributed by atoms with E-state index in [1.165, 1.54) is 0 Å². The molecule has 3 heteroatoms. The van der Waals surface area contributed by atoms with Crippen molar-refractivity contribution in [2.75, 3.05) is 6.67 Å². The lowest BCUT2D eigenvalue weighted by molar-refractivity contribution is -0.548. The summed E-state index contributed by atoms with van der Waals surface area (Å²) in [5.74, 6) is 0. The average Bonchev–Trinajstić information content (AvgIpc) is 2.34. The Morgan fingerprint density at radius 1 is 1.60 bits per heavy atom. The van der Waals surface area contributed by atoms with Gasteiger partial charge in [0.05, 0.1) is 0 Å². The standard InChI is InChI=1S/C7H7N2O/c10-9-5-8-6-3-1-2-4-7(6)9/h1-4,7H,5H2/q+1. The van der Waals surface area contributed by atoms with E-state index < -0.39 is 0 Å². The second-order valence-electron chi connectivity index (χ2n) is 2.33. The molecule has 0 aromatic rings. The lowest BCUT2D eigenvalue weighted by atomic mass is 10.1. The molecule has 50 valence electrons. The molecule has 1 atom stereocenters. The lowest BCUT2D eigenvalue weighted by Crippen LogP contribution is -2.23. The van der Waals surface area contributed by atoms with Crippen LogP contribution in [-0.2, 0) is 0 Å². The van der Waals surface area contributed by atoms with E-state index in [0.717, 1.165) is 10.5 Å². The van der Waals surface area contributed by atoms with Gasteiger partial charge >= 0.3 is 0 Å². The maximum Gasteiger partial charge on any atom is 0.285 e. The van der Waals surface area contributed by atoms with Crippen molar-refractivity contribution in [1.29, 1.82) is 0 Å². The fourth-order valence-electron chi connectivity index (χ4n) is 1.15. The summed E-state index contributed by atoms with van der Waals surface area (Å²) in [6.45, 7) is 0.286. The zero-order valence-electron chi connectivity index (χ0n) is 5.40. The molecule has 0 saturated heterocycles. The second kappa shape index (κ2) is 1.87. The first kappa shape index (κ1) is 5.53. The molecule has 0 amide bonds. The summed E-state index contributed by atoms with van der Waals surface area (Å²) in [4.78, 5) is 15.0. The monoisotopic (exact) mass is 135 g/mol. The quantitative estimate of drug-likeness (QED) is 0.449. The Hall–Kier alpha value is -1.25. The van der Waals surface area contributed by atoms with Gasteiger partial charge in [-0.3, -0.25) is 0 Å². The van der Waals surface area contributed by atoms with Crippen LogP contribution in [0.2, 0.25) is 0 Å². The number of nitrogens with zero attached hydrogens (tertiary/aromatic N) is 2. The molecule has 0 spiro atoms. The molecule has 3 nitrogen and oxygen atoms in total. The van der Waals surface area contributed by atoms with Crippen LogP contribution in [0.5, 0.6) is 0 Å². The van der Waals surface area contributed by atoms with Crippen LogP contribution in [0.1, 0.15) is 0 Å². The molecule has 2 aliphatic rings. The predicted molar refractivity (Wildman–Crippen MR) is 38.0 cm³/mol. The number of nitroso groups, excluding NO2 is 1. The number of hydrogen-bond acceptors (Lipinski definition) is 2. The van der Waals surface area contributed by atoms with Crippen LogP contribution < -0.4 is 0 Å². The van der Waals surface area contributed by atoms with Crippen LogP contribution in [0.15, 0.2) is 29.3 Å². The highest BCUT2D eigenvalue weighted by Gasteiger charge is 2.33. The van der Waals surface area contributed by atoms with Gasteiger partial charge in [-0.25, -0.2) is 4.99 Å². The highest BCUT2D eigenvalue weighted by atomic mass is 16.3. The van der Waals surface area contributed by atoms with E-state index in [9.17, 15) is 4.91 Å². The van der Waals surface area contributed by atoms with Gasteiger partial charge in [-0.1, -0.05) is 12.2 Å². The SMILES string of the molecule is O=[N+]1CN=C2C=CC=CC21. The van der Waals surface area contributed by atoms with Crippen molar-refractivity contribution in [2.45, 2.75) is 6.04 Å². The summed E-state index contributed by atoms with van der Waals surface area (Å²) in [5.41, 5.74) is 0.887. The number of aliphatic imine (C=N–C) groups is 1. The number of hydrogen-bond donors (Lipinski definition) is 0. The molecular formula is C7H7N2O+. The Kier molecular flexibility index (Phi) is 1.03. The maximum atomic E-state index is 10.9. The molecule has 1 aliphatic carbocycles. The molecule has 2 rings (SSSR count). The average molecular weight is 135 g/mol.